The van der Waals surface area contributed by atoms with Crippen LogP contribution in [0.1, 0.15) is 13.3 Å². The number of para-hydroxylation sites is 1. The van der Waals surface area contributed by atoms with Gasteiger partial charge in [0.1, 0.15) is 5.82 Å². The number of halogens is 1. The molecule has 1 fully saturated rings. The topological polar surface area (TPSA) is 35.5 Å². The highest BCUT2D eigenvalue weighted by Gasteiger charge is 2.22. The molecule has 2 unspecified atom stereocenters. The zero-order valence-electron chi connectivity index (χ0n) is 10.1. The summed E-state index contributed by atoms with van der Waals surface area (Å²) in [4.78, 5) is 2.01. The van der Waals surface area contributed by atoms with Gasteiger partial charge < -0.3 is 15.3 Å². The Hall–Kier alpha value is -1.13. The van der Waals surface area contributed by atoms with E-state index in [2.05, 4.69) is 12.2 Å². The normalized spacial score (nSPS) is 25.7. The molecule has 17 heavy (non-hydrogen) atoms. The lowest BCUT2D eigenvalue weighted by molar-refractivity contribution is 0.240. The van der Waals surface area contributed by atoms with Gasteiger partial charge in [0.15, 0.2) is 0 Å². The van der Waals surface area contributed by atoms with Crippen molar-refractivity contribution in [3.63, 3.8) is 0 Å². The van der Waals surface area contributed by atoms with Crippen molar-refractivity contribution in [1.29, 1.82) is 0 Å². The molecule has 1 aromatic carbocycles. The highest BCUT2D eigenvalue weighted by atomic mass is 19.1. The Kier molecular flexibility index (Phi) is 3.97. The fourth-order valence-corrected chi connectivity index (χ4v) is 2.28. The lowest BCUT2D eigenvalue weighted by atomic mass is 10.2. The third-order valence-corrected chi connectivity index (χ3v) is 3.21. The Morgan fingerprint density at radius 3 is 2.94 bits per heavy atom. The standard InChI is InChI=1S/C13H19FN2O/c1-10-6-7-16(8-11(9-17)15-10)13-5-3-2-4-12(13)14/h2-5,10-11,15,17H,6-9H2,1H3. The first-order valence-electron chi connectivity index (χ1n) is 6.07. The Morgan fingerprint density at radius 1 is 1.47 bits per heavy atom. The van der Waals surface area contributed by atoms with Crippen LogP contribution in [0.5, 0.6) is 0 Å². The zero-order valence-corrected chi connectivity index (χ0v) is 10.1. The molecule has 1 heterocycles. The predicted octanol–water partition coefficient (Wildman–Crippen LogP) is 1.37. The van der Waals surface area contributed by atoms with Crippen molar-refractivity contribution in [3.05, 3.63) is 30.1 Å². The predicted molar refractivity (Wildman–Crippen MR) is 66.7 cm³/mol. The van der Waals surface area contributed by atoms with Gasteiger partial charge in [-0.25, -0.2) is 4.39 Å². The quantitative estimate of drug-likeness (QED) is 0.817. The van der Waals surface area contributed by atoms with Gasteiger partial charge >= 0.3 is 0 Å². The number of hydrogen-bond acceptors (Lipinski definition) is 3. The summed E-state index contributed by atoms with van der Waals surface area (Å²) in [5, 5.41) is 12.6. The molecule has 0 aliphatic carbocycles. The molecular formula is C13H19FN2O. The monoisotopic (exact) mass is 238 g/mol. The Labute approximate surface area is 101 Å². The van der Waals surface area contributed by atoms with Gasteiger partial charge in [0.05, 0.1) is 12.3 Å². The first kappa shape index (κ1) is 12.3. The SMILES string of the molecule is CC1CCN(c2ccccc2F)CC(CO)N1. The lowest BCUT2D eigenvalue weighted by Gasteiger charge is -2.25. The van der Waals surface area contributed by atoms with Crippen LogP contribution < -0.4 is 10.2 Å². The Balaban J connectivity index is 2.17. The zero-order chi connectivity index (χ0) is 12.3. The molecule has 1 aliphatic heterocycles. The van der Waals surface area contributed by atoms with Gasteiger partial charge in [-0.15, -0.1) is 0 Å². The average Bonchev–Trinajstić information content (AvgIpc) is 2.52. The van der Waals surface area contributed by atoms with Crippen LogP contribution in [0.25, 0.3) is 0 Å². The molecule has 3 nitrogen and oxygen atoms in total. The second-order valence-electron chi connectivity index (χ2n) is 4.63. The third-order valence-electron chi connectivity index (χ3n) is 3.21. The van der Waals surface area contributed by atoms with Crippen LogP contribution in [0.2, 0.25) is 0 Å². The van der Waals surface area contributed by atoms with E-state index in [1.54, 1.807) is 12.1 Å². The smallest absolute Gasteiger partial charge is 0.146 e. The Morgan fingerprint density at radius 2 is 2.24 bits per heavy atom. The molecule has 4 heteroatoms. The van der Waals surface area contributed by atoms with Crippen molar-refractivity contribution in [3.8, 4) is 0 Å². The second kappa shape index (κ2) is 5.47. The molecule has 0 spiro atoms. The fraction of sp³-hybridized carbons (Fsp3) is 0.538. The van der Waals surface area contributed by atoms with Crippen molar-refractivity contribution in [2.75, 3.05) is 24.6 Å². The molecular weight excluding hydrogens is 219 g/mol. The minimum absolute atomic E-state index is 0.00658. The molecule has 0 saturated carbocycles. The molecule has 0 bridgehead atoms. The van der Waals surface area contributed by atoms with Crippen LogP contribution in [0, 0.1) is 5.82 Å². The van der Waals surface area contributed by atoms with Gasteiger partial charge in [-0.05, 0) is 25.5 Å². The molecule has 0 radical (unpaired) electrons. The minimum Gasteiger partial charge on any atom is -0.395 e. The van der Waals surface area contributed by atoms with E-state index in [1.165, 1.54) is 6.07 Å². The summed E-state index contributed by atoms with van der Waals surface area (Å²) in [7, 11) is 0. The molecule has 2 rings (SSSR count). The number of benzene rings is 1. The third kappa shape index (κ3) is 2.96. The largest absolute Gasteiger partial charge is 0.395 e. The molecule has 2 atom stereocenters. The number of nitrogens with one attached hydrogen (secondary N) is 1. The van der Waals surface area contributed by atoms with E-state index in [-0.39, 0.29) is 18.5 Å². The maximum atomic E-state index is 13.7. The van der Waals surface area contributed by atoms with Gasteiger partial charge in [-0.3, -0.25) is 0 Å². The van der Waals surface area contributed by atoms with Crippen LogP contribution in [0.15, 0.2) is 24.3 Å². The van der Waals surface area contributed by atoms with E-state index in [4.69, 9.17) is 0 Å². The summed E-state index contributed by atoms with van der Waals surface area (Å²) in [6.07, 6.45) is 0.949. The molecule has 94 valence electrons. The summed E-state index contributed by atoms with van der Waals surface area (Å²) in [5.74, 6) is -0.196. The van der Waals surface area contributed by atoms with E-state index in [0.29, 0.717) is 18.3 Å². The molecule has 0 amide bonds. The average molecular weight is 238 g/mol. The maximum Gasteiger partial charge on any atom is 0.146 e. The maximum absolute atomic E-state index is 13.7. The number of anilines is 1. The number of hydrogen-bond donors (Lipinski definition) is 2. The first-order chi connectivity index (χ1) is 8.20. The van der Waals surface area contributed by atoms with Gasteiger partial charge in [-0.1, -0.05) is 12.1 Å². The van der Waals surface area contributed by atoms with Crippen molar-refractivity contribution in [1.82, 2.24) is 5.32 Å². The van der Waals surface area contributed by atoms with E-state index < -0.39 is 0 Å². The van der Waals surface area contributed by atoms with Gasteiger partial charge in [0.2, 0.25) is 0 Å². The fourth-order valence-electron chi connectivity index (χ4n) is 2.28. The minimum atomic E-state index is -0.196. The van der Waals surface area contributed by atoms with Gasteiger partial charge in [0.25, 0.3) is 0 Å². The number of aliphatic hydroxyl groups is 1. The number of rotatable bonds is 2. The number of nitrogens with zero attached hydrogens (tertiary/aromatic N) is 1. The van der Waals surface area contributed by atoms with Crippen LogP contribution in [0.4, 0.5) is 10.1 Å². The van der Waals surface area contributed by atoms with E-state index >= 15 is 0 Å². The summed E-state index contributed by atoms with van der Waals surface area (Å²) in [6, 6.07) is 7.16. The molecule has 1 saturated heterocycles. The molecule has 2 N–H and O–H groups in total. The second-order valence-corrected chi connectivity index (χ2v) is 4.63. The van der Waals surface area contributed by atoms with E-state index in [0.717, 1.165) is 13.0 Å². The number of aliphatic hydroxyl groups excluding tert-OH is 1. The molecule has 0 aromatic heterocycles. The summed E-state index contributed by atoms with van der Waals surface area (Å²) >= 11 is 0. The van der Waals surface area contributed by atoms with Crippen LogP contribution in [0.3, 0.4) is 0 Å². The highest BCUT2D eigenvalue weighted by Crippen LogP contribution is 2.20. The van der Waals surface area contributed by atoms with Crippen molar-refractivity contribution >= 4 is 5.69 Å². The van der Waals surface area contributed by atoms with E-state index in [9.17, 15) is 9.50 Å². The highest BCUT2D eigenvalue weighted by molar-refractivity contribution is 5.48. The molecule has 1 aromatic rings. The lowest BCUT2D eigenvalue weighted by Crippen LogP contribution is -2.42. The summed E-state index contributed by atoms with van der Waals surface area (Å²) in [6.45, 7) is 3.62. The van der Waals surface area contributed by atoms with E-state index in [1.807, 2.05) is 11.0 Å². The van der Waals surface area contributed by atoms with Gasteiger partial charge in [-0.2, -0.15) is 0 Å². The van der Waals surface area contributed by atoms with Crippen molar-refractivity contribution in [2.45, 2.75) is 25.4 Å². The summed E-state index contributed by atoms with van der Waals surface area (Å²) < 4.78 is 13.7. The van der Waals surface area contributed by atoms with Crippen molar-refractivity contribution in [2.24, 2.45) is 0 Å². The summed E-state index contributed by atoms with van der Waals surface area (Å²) in [5.41, 5.74) is 0.627. The van der Waals surface area contributed by atoms with Crippen molar-refractivity contribution < 1.29 is 9.50 Å². The van der Waals surface area contributed by atoms with Crippen LogP contribution in [-0.2, 0) is 0 Å². The van der Waals surface area contributed by atoms with Crippen LogP contribution >= 0.6 is 0 Å². The van der Waals surface area contributed by atoms with Gasteiger partial charge in [0, 0.05) is 25.2 Å². The Bertz CT molecular complexity index is 372. The van der Waals surface area contributed by atoms with Crippen LogP contribution in [-0.4, -0.2) is 36.9 Å². The molecule has 1 aliphatic rings. The first-order valence-corrected chi connectivity index (χ1v) is 6.07.